The van der Waals surface area contributed by atoms with Crippen LogP contribution in [-0.2, 0) is 4.79 Å². The highest BCUT2D eigenvalue weighted by Crippen LogP contribution is 2.34. The van der Waals surface area contributed by atoms with Gasteiger partial charge in [0, 0.05) is 24.8 Å². The number of nitrogens with one attached hydrogen (secondary N) is 2. The Morgan fingerprint density at radius 2 is 2.17 bits per heavy atom. The third kappa shape index (κ3) is 4.60. The maximum absolute atomic E-state index is 11.9. The predicted octanol–water partition coefficient (Wildman–Crippen LogP) is 1.60. The molecule has 10 nitrogen and oxygen atoms in total. The van der Waals surface area contributed by atoms with E-state index in [0.717, 1.165) is 12.8 Å². The van der Waals surface area contributed by atoms with Gasteiger partial charge in [-0.25, -0.2) is 9.97 Å². The maximum atomic E-state index is 11.9. The van der Waals surface area contributed by atoms with Crippen molar-refractivity contribution in [3.63, 3.8) is 0 Å². The van der Waals surface area contributed by atoms with Crippen molar-refractivity contribution < 1.29 is 14.3 Å². The van der Waals surface area contributed by atoms with Crippen molar-refractivity contribution in [2.45, 2.75) is 38.8 Å². The fourth-order valence-corrected chi connectivity index (χ4v) is 3.18. The minimum atomic E-state index is -0.706. The summed E-state index contributed by atoms with van der Waals surface area (Å²) >= 11 is 0. The van der Waals surface area contributed by atoms with Crippen LogP contribution in [-0.4, -0.2) is 47.5 Å². The molecule has 1 aliphatic heterocycles. The van der Waals surface area contributed by atoms with E-state index in [9.17, 15) is 9.59 Å². The molecule has 0 saturated carbocycles. The number of rotatable bonds is 8. The molecule has 1 aromatic heterocycles. The monoisotopic (exact) mass is 413 g/mol. The van der Waals surface area contributed by atoms with Crippen LogP contribution in [0.25, 0.3) is 0 Å². The average molecular weight is 413 g/mol. The number of fused-ring (bicyclic) bond motifs is 1. The summed E-state index contributed by atoms with van der Waals surface area (Å²) < 4.78 is 5.44. The lowest BCUT2D eigenvalue weighted by atomic mass is 10.1. The van der Waals surface area contributed by atoms with Crippen LogP contribution in [0, 0.1) is 0 Å². The summed E-state index contributed by atoms with van der Waals surface area (Å²) in [5.41, 5.74) is 12.7. The van der Waals surface area contributed by atoms with Crippen LogP contribution in [0.5, 0.6) is 5.75 Å². The minimum Gasteiger partial charge on any atom is -0.482 e. The van der Waals surface area contributed by atoms with Crippen molar-refractivity contribution in [1.29, 1.82) is 0 Å². The van der Waals surface area contributed by atoms with Crippen molar-refractivity contribution in [3.8, 4) is 5.75 Å². The highest BCUT2D eigenvalue weighted by Gasteiger charge is 2.23. The first-order valence-corrected chi connectivity index (χ1v) is 9.79. The van der Waals surface area contributed by atoms with E-state index in [0.29, 0.717) is 22.9 Å². The number of carbonyl (C=O) groups excluding carboxylic acids is 2. The number of ether oxygens (including phenoxy) is 1. The van der Waals surface area contributed by atoms with E-state index in [2.05, 4.69) is 27.5 Å². The normalized spacial score (nSPS) is 15.1. The fraction of sp³-hybridized carbons (Fsp3) is 0.400. The topological polar surface area (TPSA) is 148 Å². The number of nitrogens with zero attached hydrogens (tertiary/aromatic N) is 3. The second kappa shape index (κ2) is 8.95. The summed E-state index contributed by atoms with van der Waals surface area (Å²) in [4.78, 5) is 33.9. The Morgan fingerprint density at radius 1 is 1.40 bits per heavy atom. The lowest BCUT2D eigenvalue weighted by Crippen LogP contribution is -2.38. The summed E-state index contributed by atoms with van der Waals surface area (Å²) in [7, 11) is 1.68. The van der Waals surface area contributed by atoms with Gasteiger partial charge in [0.05, 0.1) is 11.9 Å². The van der Waals surface area contributed by atoms with Gasteiger partial charge in [-0.3, -0.25) is 9.59 Å². The van der Waals surface area contributed by atoms with Gasteiger partial charge in [-0.05, 0) is 31.5 Å². The molecule has 2 amide bonds. The first kappa shape index (κ1) is 21.3. The zero-order valence-corrected chi connectivity index (χ0v) is 17.3. The molecule has 0 unspecified atom stereocenters. The molecular weight excluding hydrogens is 386 g/mol. The van der Waals surface area contributed by atoms with E-state index in [1.807, 2.05) is 6.92 Å². The van der Waals surface area contributed by atoms with Crippen LogP contribution in [0.3, 0.4) is 0 Å². The van der Waals surface area contributed by atoms with E-state index in [1.54, 1.807) is 25.2 Å². The summed E-state index contributed by atoms with van der Waals surface area (Å²) in [6.07, 6.45) is 3.29. The van der Waals surface area contributed by atoms with Crippen LogP contribution >= 0.6 is 0 Å². The zero-order valence-electron chi connectivity index (χ0n) is 17.3. The van der Waals surface area contributed by atoms with Crippen molar-refractivity contribution >= 4 is 34.8 Å². The lowest BCUT2D eigenvalue weighted by Gasteiger charge is -2.26. The molecule has 0 fully saturated rings. The molecule has 30 heavy (non-hydrogen) atoms. The molecule has 2 heterocycles. The van der Waals surface area contributed by atoms with Crippen molar-refractivity contribution in [3.05, 3.63) is 30.1 Å². The predicted molar refractivity (Wildman–Crippen MR) is 115 cm³/mol. The van der Waals surface area contributed by atoms with Gasteiger partial charge >= 0.3 is 0 Å². The minimum absolute atomic E-state index is 0.000217. The Labute approximate surface area is 175 Å². The molecule has 2 atom stereocenters. The summed E-state index contributed by atoms with van der Waals surface area (Å²) in [6.45, 7) is 4.00. The number of hydrogen-bond acceptors (Lipinski definition) is 8. The zero-order chi connectivity index (χ0) is 21.8. The summed E-state index contributed by atoms with van der Waals surface area (Å²) in [6, 6.07) is 5.16. The second-order valence-electron chi connectivity index (χ2n) is 7.26. The first-order chi connectivity index (χ1) is 14.3. The van der Waals surface area contributed by atoms with E-state index in [1.165, 1.54) is 11.1 Å². The lowest BCUT2D eigenvalue weighted by molar-refractivity contribution is -0.120. The molecule has 10 heteroatoms. The molecule has 3 rings (SSSR count). The number of aromatic nitrogens is 2. The van der Waals surface area contributed by atoms with E-state index in [-0.39, 0.29) is 36.1 Å². The second-order valence-corrected chi connectivity index (χ2v) is 7.26. The number of benzene rings is 1. The fourth-order valence-electron chi connectivity index (χ4n) is 3.18. The largest absolute Gasteiger partial charge is 0.482 e. The van der Waals surface area contributed by atoms with Gasteiger partial charge in [0.25, 0.3) is 11.8 Å². The number of amides is 2. The number of anilines is 4. The van der Waals surface area contributed by atoms with Gasteiger partial charge in [-0.15, -0.1) is 0 Å². The highest BCUT2D eigenvalue weighted by molar-refractivity contribution is 5.99. The smallest absolute Gasteiger partial charge is 0.271 e. The van der Waals surface area contributed by atoms with Crippen LogP contribution in [0.2, 0.25) is 0 Å². The molecule has 1 aliphatic rings. The van der Waals surface area contributed by atoms with Gasteiger partial charge < -0.3 is 31.7 Å². The molecule has 1 aromatic carbocycles. The third-order valence-corrected chi connectivity index (χ3v) is 4.88. The Kier molecular flexibility index (Phi) is 6.36. The quantitative estimate of drug-likeness (QED) is 0.510. The third-order valence-electron chi connectivity index (χ3n) is 4.88. The highest BCUT2D eigenvalue weighted by atomic mass is 16.5. The SMILES string of the molecule is CCC[C@@H](Nc1cnc(C(N)=O)c(Nc2ccc3c(c2)N(C)C(=O)CO3)n1)[C@H](C)N. The van der Waals surface area contributed by atoms with Gasteiger partial charge in [0.15, 0.2) is 18.1 Å². The first-order valence-electron chi connectivity index (χ1n) is 9.79. The van der Waals surface area contributed by atoms with Crippen LogP contribution < -0.4 is 31.7 Å². The van der Waals surface area contributed by atoms with Crippen LogP contribution in [0.1, 0.15) is 37.2 Å². The van der Waals surface area contributed by atoms with E-state index in [4.69, 9.17) is 16.2 Å². The van der Waals surface area contributed by atoms with Crippen LogP contribution in [0.15, 0.2) is 24.4 Å². The Hall–Kier alpha value is -3.40. The molecule has 6 N–H and O–H groups in total. The molecule has 160 valence electrons. The molecular formula is C20H27N7O3. The average Bonchev–Trinajstić information content (AvgIpc) is 2.70. The number of primary amides is 1. The Morgan fingerprint density at radius 3 is 2.83 bits per heavy atom. The molecule has 0 saturated heterocycles. The van der Waals surface area contributed by atoms with Crippen molar-refractivity contribution in [2.75, 3.05) is 29.2 Å². The maximum Gasteiger partial charge on any atom is 0.271 e. The number of likely N-dealkylation sites (N-methyl/N-ethyl adjacent to an activating group) is 1. The summed E-state index contributed by atoms with van der Waals surface area (Å²) in [5.74, 6) is 0.423. The van der Waals surface area contributed by atoms with Gasteiger partial charge in [-0.1, -0.05) is 13.3 Å². The number of carbonyl (C=O) groups is 2. The molecule has 0 aliphatic carbocycles. The van der Waals surface area contributed by atoms with Crippen molar-refractivity contribution in [1.82, 2.24) is 9.97 Å². The molecule has 0 spiro atoms. The van der Waals surface area contributed by atoms with Crippen molar-refractivity contribution in [2.24, 2.45) is 11.5 Å². The molecule has 0 radical (unpaired) electrons. The number of nitrogens with two attached hydrogens (primary N) is 2. The van der Waals surface area contributed by atoms with Crippen LogP contribution in [0.4, 0.5) is 23.0 Å². The summed E-state index contributed by atoms with van der Waals surface area (Å²) in [5, 5.41) is 6.35. The standard InChI is InChI=1S/C20H27N7O3/c1-4-5-13(11(2)21)25-16-9-23-18(19(22)29)20(26-16)24-12-6-7-15-14(8-12)27(3)17(28)10-30-15/h6-9,11,13H,4-5,10,21H2,1-3H3,(H2,22,29)(H2,24,25,26)/t11-,13+/m0/s1. The number of hydrogen-bond donors (Lipinski definition) is 4. The van der Waals surface area contributed by atoms with Gasteiger partial charge in [0.1, 0.15) is 11.6 Å². The van der Waals surface area contributed by atoms with E-state index < -0.39 is 5.91 Å². The van der Waals surface area contributed by atoms with Gasteiger partial charge in [0.2, 0.25) is 0 Å². The molecule has 2 aromatic rings. The Balaban J connectivity index is 1.91. The van der Waals surface area contributed by atoms with Gasteiger partial charge in [-0.2, -0.15) is 0 Å². The molecule has 0 bridgehead atoms. The Bertz CT molecular complexity index is 948. The van der Waals surface area contributed by atoms with E-state index >= 15 is 0 Å².